The second kappa shape index (κ2) is 9.77. The van der Waals surface area contributed by atoms with Crippen molar-refractivity contribution in [1.29, 1.82) is 0 Å². The third-order valence-corrected chi connectivity index (χ3v) is 3.24. The Hall–Kier alpha value is -2.43. The van der Waals surface area contributed by atoms with E-state index in [9.17, 15) is 9.59 Å². The number of hydrogen-bond acceptors (Lipinski definition) is 8. The second-order valence-electron chi connectivity index (χ2n) is 5.05. The molecule has 0 bridgehead atoms. The van der Waals surface area contributed by atoms with Gasteiger partial charge in [-0.05, 0) is 12.1 Å². The van der Waals surface area contributed by atoms with Gasteiger partial charge >= 0.3 is 5.97 Å². The van der Waals surface area contributed by atoms with E-state index >= 15 is 0 Å². The third kappa shape index (κ3) is 5.85. The van der Waals surface area contributed by atoms with Crippen LogP contribution in [-0.4, -0.2) is 78.9 Å². The number of carbonyl (C=O) groups excluding carboxylic acids is 1. The van der Waals surface area contributed by atoms with Gasteiger partial charge in [-0.25, -0.2) is 9.78 Å². The summed E-state index contributed by atoms with van der Waals surface area (Å²) in [6.07, 6.45) is -6.84. The molecule has 0 aliphatic heterocycles. The molecule has 0 aliphatic rings. The summed E-state index contributed by atoms with van der Waals surface area (Å²) >= 11 is 0. The normalized spacial score (nSPS) is 15.4. The Kier molecular flexibility index (Phi) is 8.05. The highest BCUT2D eigenvalue weighted by Gasteiger charge is 2.29. The summed E-state index contributed by atoms with van der Waals surface area (Å²) in [7, 11) is 0. The predicted octanol–water partition coefficient (Wildman–Crippen LogP) is -1.45. The maximum atomic E-state index is 10.6. The number of nitrogens with zero attached hydrogens (tertiary/aromatic N) is 1. The van der Waals surface area contributed by atoms with E-state index in [1.807, 2.05) is 18.2 Å². The van der Waals surface area contributed by atoms with Gasteiger partial charge in [0.15, 0.2) is 6.29 Å². The molecule has 0 saturated carbocycles. The van der Waals surface area contributed by atoms with Gasteiger partial charge in [-0.15, -0.1) is 0 Å². The topological polar surface area (TPSA) is 168 Å². The SMILES string of the molecule is O=C(O)c1ccc2ccccc2n1.O=C[C@H](O)[C@@H](O)[C@H](O)[C@H](O)CO. The van der Waals surface area contributed by atoms with Crippen LogP contribution in [0.15, 0.2) is 36.4 Å². The van der Waals surface area contributed by atoms with Crippen LogP contribution in [-0.2, 0) is 4.79 Å². The van der Waals surface area contributed by atoms with Crippen molar-refractivity contribution in [2.45, 2.75) is 24.4 Å². The van der Waals surface area contributed by atoms with Crippen LogP contribution in [0, 0.1) is 0 Å². The molecule has 136 valence electrons. The lowest BCUT2D eigenvalue weighted by Gasteiger charge is -2.22. The Bertz CT molecular complexity index is 707. The molecule has 4 atom stereocenters. The average Bonchev–Trinajstić information content (AvgIpc) is 2.65. The Morgan fingerprint density at radius 2 is 1.68 bits per heavy atom. The highest BCUT2D eigenvalue weighted by atomic mass is 16.4. The number of hydrogen-bond donors (Lipinski definition) is 6. The fourth-order valence-corrected chi connectivity index (χ4v) is 1.80. The summed E-state index contributed by atoms with van der Waals surface area (Å²) in [4.78, 5) is 24.5. The number of rotatable bonds is 6. The molecule has 1 aromatic carbocycles. The summed E-state index contributed by atoms with van der Waals surface area (Å²) in [6, 6.07) is 10.7. The molecule has 0 fully saturated rings. The highest BCUT2D eigenvalue weighted by molar-refractivity contribution is 5.89. The molecule has 9 heteroatoms. The first-order chi connectivity index (χ1) is 11.8. The van der Waals surface area contributed by atoms with Crippen LogP contribution in [0.3, 0.4) is 0 Å². The summed E-state index contributed by atoms with van der Waals surface area (Å²) in [6.45, 7) is -0.760. The first kappa shape index (κ1) is 20.6. The lowest BCUT2D eigenvalue weighted by atomic mass is 10.0. The zero-order chi connectivity index (χ0) is 19.0. The van der Waals surface area contributed by atoms with Crippen LogP contribution < -0.4 is 0 Å². The number of aromatic carboxylic acids is 1. The van der Waals surface area contributed by atoms with Gasteiger partial charge in [0.2, 0.25) is 0 Å². The number of carbonyl (C=O) groups is 2. The minimum atomic E-state index is -1.79. The van der Waals surface area contributed by atoms with Crippen LogP contribution in [0.5, 0.6) is 0 Å². The van der Waals surface area contributed by atoms with Crippen LogP contribution >= 0.6 is 0 Å². The Balaban J connectivity index is 0.000000252. The predicted molar refractivity (Wildman–Crippen MR) is 85.9 cm³/mol. The Morgan fingerprint density at radius 1 is 1.04 bits per heavy atom. The van der Waals surface area contributed by atoms with Gasteiger partial charge in [0.25, 0.3) is 0 Å². The molecule has 2 rings (SSSR count). The lowest BCUT2D eigenvalue weighted by molar-refractivity contribution is -0.136. The molecule has 0 spiro atoms. The summed E-state index contributed by atoms with van der Waals surface area (Å²) in [5.74, 6) is -0.995. The largest absolute Gasteiger partial charge is 0.477 e. The van der Waals surface area contributed by atoms with Gasteiger partial charge in [-0.2, -0.15) is 0 Å². The molecule has 1 aromatic heterocycles. The van der Waals surface area contributed by atoms with Crippen molar-refractivity contribution in [3.8, 4) is 0 Å². The van der Waals surface area contributed by atoms with E-state index in [2.05, 4.69) is 4.98 Å². The molecule has 0 aliphatic carbocycles. The van der Waals surface area contributed by atoms with E-state index in [4.69, 9.17) is 30.6 Å². The average molecular weight is 353 g/mol. The van der Waals surface area contributed by atoms with Gasteiger partial charge in [0.05, 0.1) is 12.1 Å². The molecule has 0 amide bonds. The standard InChI is InChI=1S/C10H7NO2.C6H12O6/c12-10(13)9-6-5-7-3-1-2-4-8(7)11-9;7-1-3(9)5(11)6(12)4(10)2-8/h1-6H,(H,12,13);1,3-6,8-12H,2H2/t;3-,4+,5+,6+/m.0/s1. The molecule has 1 heterocycles. The number of benzene rings is 1. The summed E-state index contributed by atoms with van der Waals surface area (Å²) in [5.41, 5.74) is 0.793. The number of carboxylic acids is 1. The zero-order valence-electron chi connectivity index (χ0n) is 13.0. The van der Waals surface area contributed by atoms with Gasteiger partial charge in [0.1, 0.15) is 30.1 Å². The van der Waals surface area contributed by atoms with Crippen LogP contribution in [0.2, 0.25) is 0 Å². The Labute approximate surface area is 142 Å². The maximum absolute atomic E-state index is 10.6. The first-order valence-corrected chi connectivity index (χ1v) is 7.19. The quantitative estimate of drug-likeness (QED) is 0.340. The molecular formula is C16H19NO8. The van der Waals surface area contributed by atoms with Crippen molar-refractivity contribution >= 4 is 23.2 Å². The highest BCUT2D eigenvalue weighted by Crippen LogP contribution is 2.11. The van der Waals surface area contributed by atoms with Crippen LogP contribution in [0.4, 0.5) is 0 Å². The second-order valence-corrected chi connectivity index (χ2v) is 5.05. The number of aliphatic hydroxyl groups is 5. The molecular weight excluding hydrogens is 334 g/mol. The van der Waals surface area contributed by atoms with Crippen molar-refractivity contribution in [3.63, 3.8) is 0 Å². The number of aliphatic hydroxyl groups excluding tert-OH is 5. The monoisotopic (exact) mass is 353 g/mol. The number of pyridine rings is 1. The summed E-state index contributed by atoms with van der Waals surface area (Å²) < 4.78 is 0. The van der Waals surface area contributed by atoms with Crippen LogP contribution in [0.1, 0.15) is 10.5 Å². The van der Waals surface area contributed by atoms with E-state index in [-0.39, 0.29) is 12.0 Å². The fourth-order valence-electron chi connectivity index (χ4n) is 1.80. The zero-order valence-corrected chi connectivity index (χ0v) is 13.0. The minimum Gasteiger partial charge on any atom is -0.477 e. The van der Waals surface area contributed by atoms with Gasteiger partial charge in [-0.3, -0.25) is 0 Å². The van der Waals surface area contributed by atoms with Gasteiger partial charge in [-0.1, -0.05) is 24.3 Å². The van der Waals surface area contributed by atoms with Crippen molar-refractivity contribution < 1.29 is 40.2 Å². The number of aromatic nitrogens is 1. The molecule has 25 heavy (non-hydrogen) atoms. The first-order valence-electron chi connectivity index (χ1n) is 7.19. The van der Waals surface area contributed by atoms with Crippen molar-refractivity contribution in [3.05, 3.63) is 42.1 Å². The number of para-hydroxylation sites is 1. The van der Waals surface area contributed by atoms with E-state index in [1.165, 1.54) is 6.07 Å². The lowest BCUT2D eigenvalue weighted by Crippen LogP contribution is -2.46. The van der Waals surface area contributed by atoms with E-state index in [0.717, 1.165) is 5.39 Å². The van der Waals surface area contributed by atoms with Crippen molar-refractivity contribution in [2.75, 3.05) is 6.61 Å². The molecule has 6 N–H and O–H groups in total. The third-order valence-electron chi connectivity index (χ3n) is 3.24. The number of aldehydes is 1. The molecule has 0 unspecified atom stereocenters. The number of carboxylic acid groups (broad SMARTS) is 1. The van der Waals surface area contributed by atoms with Crippen molar-refractivity contribution in [2.24, 2.45) is 0 Å². The van der Waals surface area contributed by atoms with Crippen molar-refractivity contribution in [1.82, 2.24) is 4.98 Å². The van der Waals surface area contributed by atoms with Gasteiger partial charge in [0, 0.05) is 5.39 Å². The van der Waals surface area contributed by atoms with E-state index in [0.29, 0.717) is 5.52 Å². The van der Waals surface area contributed by atoms with Gasteiger partial charge < -0.3 is 35.4 Å². The summed E-state index contributed by atoms with van der Waals surface area (Å²) in [5, 5.41) is 53.2. The Morgan fingerprint density at radius 3 is 2.24 bits per heavy atom. The minimum absolute atomic E-state index is 0.0258. The molecule has 0 radical (unpaired) electrons. The maximum Gasteiger partial charge on any atom is 0.354 e. The van der Waals surface area contributed by atoms with E-state index in [1.54, 1.807) is 12.1 Å². The van der Waals surface area contributed by atoms with E-state index < -0.39 is 37.0 Å². The fraction of sp³-hybridized carbons (Fsp3) is 0.312. The number of fused-ring (bicyclic) bond motifs is 1. The van der Waals surface area contributed by atoms with Crippen LogP contribution in [0.25, 0.3) is 10.9 Å². The smallest absolute Gasteiger partial charge is 0.354 e. The molecule has 9 nitrogen and oxygen atoms in total. The molecule has 0 saturated heterocycles. The molecule has 2 aromatic rings.